The lowest BCUT2D eigenvalue weighted by molar-refractivity contribution is -0.0201. The van der Waals surface area contributed by atoms with E-state index in [1.807, 2.05) is 0 Å². The molecule has 12 heavy (non-hydrogen) atoms. The molecule has 2 fully saturated rings. The van der Waals surface area contributed by atoms with Crippen molar-refractivity contribution in [2.24, 2.45) is 5.73 Å². The summed E-state index contributed by atoms with van der Waals surface area (Å²) in [4.78, 5) is 2.56. The second kappa shape index (κ2) is 3.73. The maximum atomic E-state index is 5.66. The van der Waals surface area contributed by atoms with Crippen molar-refractivity contribution in [3.05, 3.63) is 0 Å². The third-order valence-electron chi connectivity index (χ3n) is 3.12. The van der Waals surface area contributed by atoms with E-state index in [4.69, 9.17) is 10.5 Å². The third-order valence-corrected chi connectivity index (χ3v) is 3.12. The molecule has 0 aromatic heterocycles. The number of nitrogens with zero attached hydrogens (tertiary/aromatic N) is 1. The van der Waals surface area contributed by atoms with E-state index in [2.05, 4.69) is 4.90 Å². The molecule has 2 aliphatic rings. The van der Waals surface area contributed by atoms with Crippen LogP contribution in [0.1, 0.15) is 19.3 Å². The Labute approximate surface area is 73.9 Å². The number of ether oxygens (including phenoxy) is 1. The molecule has 3 heteroatoms. The molecule has 2 rings (SSSR count). The average molecular weight is 170 g/mol. The van der Waals surface area contributed by atoms with Crippen molar-refractivity contribution < 1.29 is 4.74 Å². The maximum absolute atomic E-state index is 5.66. The molecule has 0 bridgehead atoms. The first-order valence-corrected chi connectivity index (χ1v) is 4.95. The second-order valence-electron chi connectivity index (χ2n) is 3.76. The number of rotatable bonds is 2. The van der Waals surface area contributed by atoms with Crippen LogP contribution in [0.25, 0.3) is 0 Å². The molecule has 1 unspecified atom stereocenters. The van der Waals surface area contributed by atoms with Crippen LogP contribution in [-0.4, -0.2) is 43.3 Å². The van der Waals surface area contributed by atoms with E-state index in [1.165, 1.54) is 25.8 Å². The Morgan fingerprint density at radius 3 is 2.50 bits per heavy atom. The minimum atomic E-state index is 0.674. The summed E-state index contributed by atoms with van der Waals surface area (Å²) in [6.45, 7) is 3.97. The average Bonchev–Trinajstić information content (AvgIpc) is 2.05. The first-order valence-electron chi connectivity index (χ1n) is 4.95. The quantitative estimate of drug-likeness (QED) is 0.643. The molecule has 2 saturated heterocycles. The van der Waals surface area contributed by atoms with Crippen molar-refractivity contribution in [1.29, 1.82) is 0 Å². The van der Waals surface area contributed by atoms with Gasteiger partial charge in [0.25, 0.3) is 0 Å². The lowest BCUT2D eigenvalue weighted by Gasteiger charge is -2.47. The van der Waals surface area contributed by atoms with E-state index in [9.17, 15) is 0 Å². The van der Waals surface area contributed by atoms with E-state index >= 15 is 0 Å². The van der Waals surface area contributed by atoms with Crippen molar-refractivity contribution in [3.63, 3.8) is 0 Å². The fourth-order valence-electron chi connectivity index (χ4n) is 2.21. The molecule has 0 aliphatic carbocycles. The van der Waals surface area contributed by atoms with Gasteiger partial charge in [0.05, 0.1) is 0 Å². The molecule has 2 N–H and O–H groups in total. The molecule has 2 aliphatic heterocycles. The van der Waals surface area contributed by atoms with Crippen molar-refractivity contribution in [1.82, 2.24) is 4.90 Å². The van der Waals surface area contributed by atoms with Gasteiger partial charge in [-0.2, -0.15) is 0 Å². The normalized spacial score (nSPS) is 33.2. The predicted molar refractivity (Wildman–Crippen MR) is 48.0 cm³/mol. The summed E-state index contributed by atoms with van der Waals surface area (Å²) in [6, 6.07) is 1.44. The van der Waals surface area contributed by atoms with Crippen LogP contribution in [0, 0.1) is 0 Å². The smallest absolute Gasteiger partial charge is 0.0480 e. The van der Waals surface area contributed by atoms with Gasteiger partial charge in [0.15, 0.2) is 0 Å². The van der Waals surface area contributed by atoms with Gasteiger partial charge < -0.3 is 10.5 Å². The zero-order valence-electron chi connectivity index (χ0n) is 7.54. The Kier molecular flexibility index (Phi) is 2.63. The molecule has 0 radical (unpaired) electrons. The minimum absolute atomic E-state index is 0.674. The lowest BCUT2D eigenvalue weighted by Crippen LogP contribution is -2.57. The van der Waals surface area contributed by atoms with Crippen LogP contribution in [0.2, 0.25) is 0 Å². The Morgan fingerprint density at radius 2 is 2.00 bits per heavy atom. The Balaban J connectivity index is 1.82. The van der Waals surface area contributed by atoms with E-state index in [0.717, 1.165) is 25.8 Å². The molecule has 70 valence electrons. The van der Waals surface area contributed by atoms with Crippen LogP contribution in [0.3, 0.4) is 0 Å². The summed E-state index contributed by atoms with van der Waals surface area (Å²) >= 11 is 0. The number of hydrogen-bond donors (Lipinski definition) is 1. The van der Waals surface area contributed by atoms with E-state index in [1.54, 1.807) is 0 Å². The third kappa shape index (κ3) is 1.49. The molecule has 0 aromatic carbocycles. The molecule has 1 atom stereocenters. The zero-order valence-corrected chi connectivity index (χ0v) is 7.54. The standard InChI is InChI=1S/C9H18N2O/c10-7-9-1-4-11(9)8-2-5-12-6-3-8/h8-9H,1-7,10H2. The van der Waals surface area contributed by atoms with Crippen molar-refractivity contribution >= 4 is 0 Å². The molecule has 3 nitrogen and oxygen atoms in total. The Bertz CT molecular complexity index is 143. The lowest BCUT2D eigenvalue weighted by atomic mass is 9.96. The second-order valence-corrected chi connectivity index (χ2v) is 3.76. The monoisotopic (exact) mass is 170 g/mol. The van der Waals surface area contributed by atoms with Crippen LogP contribution in [0.4, 0.5) is 0 Å². The summed E-state index contributed by atoms with van der Waals surface area (Å²) in [6.07, 6.45) is 3.71. The Morgan fingerprint density at radius 1 is 1.25 bits per heavy atom. The maximum Gasteiger partial charge on any atom is 0.0480 e. The van der Waals surface area contributed by atoms with Crippen LogP contribution in [0.5, 0.6) is 0 Å². The van der Waals surface area contributed by atoms with Gasteiger partial charge in [-0.05, 0) is 19.3 Å². The van der Waals surface area contributed by atoms with E-state index < -0.39 is 0 Å². The topological polar surface area (TPSA) is 38.5 Å². The van der Waals surface area contributed by atoms with Gasteiger partial charge in [-0.3, -0.25) is 4.90 Å². The fraction of sp³-hybridized carbons (Fsp3) is 1.00. The van der Waals surface area contributed by atoms with Gasteiger partial charge in [0, 0.05) is 38.4 Å². The largest absolute Gasteiger partial charge is 0.381 e. The van der Waals surface area contributed by atoms with Crippen LogP contribution < -0.4 is 5.73 Å². The highest BCUT2D eigenvalue weighted by molar-refractivity contribution is 4.89. The molecule has 0 spiro atoms. The van der Waals surface area contributed by atoms with Crippen LogP contribution in [-0.2, 0) is 4.74 Å². The number of likely N-dealkylation sites (tertiary alicyclic amines) is 1. The fourth-order valence-corrected chi connectivity index (χ4v) is 2.21. The molecule has 0 saturated carbocycles. The molecule has 2 heterocycles. The molecule has 0 aromatic rings. The first-order chi connectivity index (χ1) is 5.92. The number of nitrogens with two attached hydrogens (primary N) is 1. The summed E-state index contributed by atoms with van der Waals surface area (Å²) in [5, 5.41) is 0. The minimum Gasteiger partial charge on any atom is -0.381 e. The first kappa shape index (κ1) is 8.48. The van der Waals surface area contributed by atoms with Crippen LogP contribution in [0.15, 0.2) is 0 Å². The Hall–Kier alpha value is -0.120. The summed E-state index contributed by atoms with van der Waals surface area (Å²) in [5.41, 5.74) is 5.66. The van der Waals surface area contributed by atoms with E-state index in [0.29, 0.717) is 6.04 Å². The predicted octanol–water partition coefficient (Wildman–Crippen LogP) is 0.198. The van der Waals surface area contributed by atoms with Gasteiger partial charge in [-0.15, -0.1) is 0 Å². The van der Waals surface area contributed by atoms with Crippen molar-refractivity contribution in [2.75, 3.05) is 26.3 Å². The number of hydrogen-bond acceptors (Lipinski definition) is 3. The highest BCUT2D eigenvalue weighted by Gasteiger charge is 2.33. The van der Waals surface area contributed by atoms with Gasteiger partial charge in [-0.25, -0.2) is 0 Å². The van der Waals surface area contributed by atoms with Crippen molar-refractivity contribution in [2.45, 2.75) is 31.3 Å². The SMILES string of the molecule is NCC1CCN1C1CCOCC1. The molecular weight excluding hydrogens is 152 g/mol. The van der Waals surface area contributed by atoms with Crippen LogP contribution >= 0.6 is 0 Å². The summed E-state index contributed by atoms with van der Waals surface area (Å²) < 4.78 is 5.33. The van der Waals surface area contributed by atoms with Gasteiger partial charge in [-0.1, -0.05) is 0 Å². The molecular formula is C9H18N2O. The van der Waals surface area contributed by atoms with Gasteiger partial charge in [0.2, 0.25) is 0 Å². The van der Waals surface area contributed by atoms with E-state index in [-0.39, 0.29) is 0 Å². The van der Waals surface area contributed by atoms with Gasteiger partial charge >= 0.3 is 0 Å². The zero-order chi connectivity index (χ0) is 8.39. The summed E-state index contributed by atoms with van der Waals surface area (Å²) in [5.74, 6) is 0. The summed E-state index contributed by atoms with van der Waals surface area (Å²) in [7, 11) is 0. The highest BCUT2D eigenvalue weighted by atomic mass is 16.5. The highest BCUT2D eigenvalue weighted by Crippen LogP contribution is 2.25. The van der Waals surface area contributed by atoms with Gasteiger partial charge in [0.1, 0.15) is 0 Å². The molecule has 0 amide bonds. The van der Waals surface area contributed by atoms with Crippen molar-refractivity contribution in [3.8, 4) is 0 Å².